The summed E-state index contributed by atoms with van der Waals surface area (Å²) in [4.78, 5) is 32.2. The van der Waals surface area contributed by atoms with Crippen molar-refractivity contribution in [3.05, 3.63) is 0 Å². The fourth-order valence-corrected chi connectivity index (χ4v) is 3.70. The van der Waals surface area contributed by atoms with E-state index < -0.39 is 7.82 Å². The van der Waals surface area contributed by atoms with Gasteiger partial charge in [-0.05, 0) is 6.42 Å². The van der Waals surface area contributed by atoms with Gasteiger partial charge in [0.2, 0.25) is 5.91 Å². The van der Waals surface area contributed by atoms with Crippen LogP contribution in [0.3, 0.4) is 0 Å². The highest BCUT2D eigenvalue weighted by atomic mass is 31.2. The third-order valence-corrected chi connectivity index (χ3v) is 5.81. The van der Waals surface area contributed by atoms with E-state index in [1.807, 2.05) is 0 Å². The zero-order valence-corrected chi connectivity index (χ0v) is 20.5. The molecular weight excluding hydrogens is 421 g/mol. The molecule has 0 aliphatic carbocycles. The molecule has 0 radical (unpaired) electrons. The van der Waals surface area contributed by atoms with Crippen molar-refractivity contribution >= 4 is 19.7 Å². The van der Waals surface area contributed by atoms with Gasteiger partial charge in [-0.15, -0.1) is 0 Å². The molecule has 0 aromatic rings. The summed E-state index contributed by atoms with van der Waals surface area (Å²) in [5.41, 5.74) is 0. The lowest BCUT2D eigenvalue weighted by Gasteiger charge is -2.12. The minimum Gasteiger partial charge on any atom is -0.466 e. The summed E-state index contributed by atoms with van der Waals surface area (Å²) in [6.07, 6.45) is 14.6. The molecule has 0 aromatic heterocycles. The van der Waals surface area contributed by atoms with Gasteiger partial charge >= 0.3 is 13.8 Å². The zero-order chi connectivity index (χ0) is 23.2. The van der Waals surface area contributed by atoms with Crippen molar-refractivity contribution in [2.24, 2.45) is 0 Å². The van der Waals surface area contributed by atoms with Crippen LogP contribution in [0.15, 0.2) is 0 Å². The number of esters is 1. The minimum atomic E-state index is -4.16. The van der Waals surface area contributed by atoms with Gasteiger partial charge in [-0.1, -0.05) is 78.1 Å². The minimum absolute atomic E-state index is 0.0547. The Morgan fingerprint density at radius 2 is 1.32 bits per heavy atom. The molecule has 1 atom stereocenters. The van der Waals surface area contributed by atoms with Crippen molar-refractivity contribution in [2.75, 3.05) is 26.4 Å². The van der Waals surface area contributed by atoms with Crippen LogP contribution in [0.1, 0.15) is 104 Å². The Morgan fingerprint density at radius 1 is 0.774 bits per heavy atom. The molecule has 2 N–H and O–H groups in total. The second-order valence-corrected chi connectivity index (χ2v) is 9.15. The molecule has 0 aliphatic heterocycles. The summed E-state index contributed by atoms with van der Waals surface area (Å²) in [5, 5.41) is 2.53. The average Bonchev–Trinajstić information content (AvgIpc) is 2.74. The molecule has 0 aliphatic rings. The SMILES string of the molecule is CCCCCCCCCCCCCC(=O)OCCCOP(=O)(O)OCCNC(=O)CC. The number of hydrogen-bond acceptors (Lipinski definition) is 6. The normalized spacial score (nSPS) is 13.0. The van der Waals surface area contributed by atoms with Crippen molar-refractivity contribution in [3.8, 4) is 0 Å². The molecule has 8 nitrogen and oxygen atoms in total. The number of unbranched alkanes of at least 4 members (excludes halogenated alkanes) is 10. The number of phosphoric acid groups is 1. The van der Waals surface area contributed by atoms with Gasteiger partial charge in [0.15, 0.2) is 0 Å². The Labute approximate surface area is 188 Å². The fraction of sp³-hybridized carbons (Fsp3) is 0.909. The van der Waals surface area contributed by atoms with E-state index in [1.165, 1.54) is 51.4 Å². The molecule has 1 unspecified atom stereocenters. The number of nitrogens with one attached hydrogen (secondary N) is 1. The van der Waals surface area contributed by atoms with Crippen molar-refractivity contribution < 1.29 is 32.8 Å². The molecule has 184 valence electrons. The highest BCUT2D eigenvalue weighted by molar-refractivity contribution is 7.47. The van der Waals surface area contributed by atoms with Crippen LogP contribution >= 0.6 is 7.82 Å². The highest BCUT2D eigenvalue weighted by Crippen LogP contribution is 2.42. The van der Waals surface area contributed by atoms with Crippen molar-refractivity contribution in [1.29, 1.82) is 0 Å². The van der Waals surface area contributed by atoms with Crippen LogP contribution < -0.4 is 5.32 Å². The third kappa shape index (κ3) is 22.0. The number of amides is 1. The molecule has 1 amide bonds. The zero-order valence-electron chi connectivity index (χ0n) is 19.6. The van der Waals surface area contributed by atoms with Crippen LogP contribution in [0, 0.1) is 0 Å². The molecule has 0 saturated heterocycles. The van der Waals surface area contributed by atoms with E-state index in [1.54, 1.807) is 6.92 Å². The van der Waals surface area contributed by atoms with E-state index in [9.17, 15) is 19.0 Å². The predicted octanol–water partition coefficient (Wildman–Crippen LogP) is 5.28. The van der Waals surface area contributed by atoms with Crippen LogP contribution in [0.25, 0.3) is 0 Å². The van der Waals surface area contributed by atoms with Gasteiger partial charge in [-0.25, -0.2) is 4.57 Å². The summed E-state index contributed by atoms with van der Waals surface area (Å²) in [7, 11) is -4.16. The summed E-state index contributed by atoms with van der Waals surface area (Å²) in [6.45, 7) is 4.05. The van der Waals surface area contributed by atoms with Crippen molar-refractivity contribution in [1.82, 2.24) is 5.32 Å². The van der Waals surface area contributed by atoms with Crippen LogP contribution in [-0.4, -0.2) is 43.1 Å². The summed E-state index contributed by atoms with van der Waals surface area (Å²) in [6, 6.07) is 0. The number of carbonyl (C=O) groups excluding carboxylic acids is 2. The van der Waals surface area contributed by atoms with Gasteiger partial charge < -0.3 is 14.9 Å². The molecule has 0 bridgehead atoms. The van der Waals surface area contributed by atoms with E-state index in [0.29, 0.717) is 19.3 Å². The summed E-state index contributed by atoms with van der Waals surface area (Å²) >= 11 is 0. The van der Waals surface area contributed by atoms with Crippen molar-refractivity contribution in [2.45, 2.75) is 104 Å². The van der Waals surface area contributed by atoms with E-state index in [2.05, 4.69) is 12.2 Å². The Hall–Kier alpha value is -0.950. The van der Waals surface area contributed by atoms with E-state index in [4.69, 9.17) is 13.8 Å². The summed E-state index contributed by atoms with van der Waals surface area (Å²) in [5.74, 6) is -0.404. The quantitative estimate of drug-likeness (QED) is 0.127. The molecule has 9 heteroatoms. The monoisotopic (exact) mass is 465 g/mol. The molecule has 0 spiro atoms. The lowest BCUT2D eigenvalue weighted by Crippen LogP contribution is -2.26. The molecule has 0 saturated carbocycles. The molecule has 0 aromatic carbocycles. The van der Waals surface area contributed by atoms with Gasteiger partial charge in [0.25, 0.3) is 0 Å². The number of rotatable bonds is 22. The lowest BCUT2D eigenvalue weighted by atomic mass is 10.1. The van der Waals surface area contributed by atoms with Crippen LogP contribution in [-0.2, 0) is 27.9 Å². The Balaban J connectivity index is 3.45. The van der Waals surface area contributed by atoms with Crippen LogP contribution in [0.2, 0.25) is 0 Å². The predicted molar refractivity (Wildman–Crippen MR) is 122 cm³/mol. The second-order valence-electron chi connectivity index (χ2n) is 7.70. The van der Waals surface area contributed by atoms with Crippen LogP contribution in [0.5, 0.6) is 0 Å². The average molecular weight is 466 g/mol. The van der Waals surface area contributed by atoms with Crippen LogP contribution in [0.4, 0.5) is 0 Å². The van der Waals surface area contributed by atoms with Gasteiger partial charge in [-0.2, -0.15) is 0 Å². The first-order valence-corrected chi connectivity index (χ1v) is 13.4. The Bertz CT molecular complexity index is 502. The Kier molecular flexibility index (Phi) is 20.3. The number of hydrogen-bond donors (Lipinski definition) is 2. The lowest BCUT2D eigenvalue weighted by molar-refractivity contribution is -0.144. The topological polar surface area (TPSA) is 111 Å². The molecule has 0 rings (SSSR count). The highest BCUT2D eigenvalue weighted by Gasteiger charge is 2.20. The standard InChI is InChI=1S/C22H44NO7P/c1-3-5-6-7-8-9-10-11-12-13-14-16-22(25)28-18-15-19-29-31(26,27)30-20-17-23-21(24)4-2/h3-20H2,1-2H3,(H,23,24)(H,26,27). The largest absolute Gasteiger partial charge is 0.472 e. The maximum atomic E-state index is 11.7. The Morgan fingerprint density at radius 3 is 1.90 bits per heavy atom. The first-order valence-electron chi connectivity index (χ1n) is 12.0. The van der Waals surface area contributed by atoms with Gasteiger partial charge in [0.1, 0.15) is 0 Å². The number of ether oxygens (including phenoxy) is 1. The fourth-order valence-electron chi connectivity index (χ4n) is 2.94. The smallest absolute Gasteiger partial charge is 0.466 e. The van der Waals surface area contributed by atoms with E-state index >= 15 is 0 Å². The molecule has 31 heavy (non-hydrogen) atoms. The maximum absolute atomic E-state index is 11.7. The molecule has 0 fully saturated rings. The molecule has 0 heterocycles. The van der Waals surface area contributed by atoms with Crippen molar-refractivity contribution in [3.63, 3.8) is 0 Å². The van der Waals surface area contributed by atoms with Gasteiger partial charge in [0.05, 0.1) is 19.8 Å². The van der Waals surface area contributed by atoms with Gasteiger partial charge in [-0.3, -0.25) is 18.6 Å². The van der Waals surface area contributed by atoms with E-state index in [0.717, 1.165) is 19.3 Å². The third-order valence-electron chi connectivity index (χ3n) is 4.79. The second kappa shape index (κ2) is 20.9. The molecular formula is C22H44NO7P. The maximum Gasteiger partial charge on any atom is 0.472 e. The first kappa shape index (κ1) is 30.0. The first-order chi connectivity index (χ1) is 14.9. The number of phosphoric ester groups is 1. The van der Waals surface area contributed by atoms with Gasteiger partial charge in [0, 0.05) is 25.8 Å². The van der Waals surface area contributed by atoms with E-state index in [-0.39, 0.29) is 38.2 Å². The summed E-state index contributed by atoms with van der Waals surface area (Å²) < 4.78 is 26.3. The number of carbonyl (C=O) groups is 2.